The van der Waals surface area contributed by atoms with E-state index in [1.165, 1.54) is 0 Å². The molecular formula is C22H22ClN3O. The lowest BCUT2D eigenvalue weighted by Crippen LogP contribution is -2.21. The number of anilines is 1. The number of aromatic amines is 1. The molecule has 1 amide bonds. The van der Waals surface area contributed by atoms with Crippen LogP contribution in [0.2, 0.25) is 5.02 Å². The maximum absolute atomic E-state index is 13.1. The number of hydrogen-bond donors (Lipinski definition) is 2. The number of aromatic nitrogens is 2. The van der Waals surface area contributed by atoms with Crippen LogP contribution in [0.25, 0.3) is 11.3 Å². The molecule has 1 aromatic heterocycles. The second-order valence-electron chi connectivity index (χ2n) is 7.01. The second-order valence-corrected chi connectivity index (χ2v) is 7.44. The van der Waals surface area contributed by atoms with E-state index in [-0.39, 0.29) is 11.8 Å². The van der Waals surface area contributed by atoms with E-state index < -0.39 is 0 Å². The van der Waals surface area contributed by atoms with Gasteiger partial charge >= 0.3 is 0 Å². The molecule has 5 heteroatoms. The minimum atomic E-state index is -0.194. The van der Waals surface area contributed by atoms with Gasteiger partial charge in [0, 0.05) is 16.5 Å². The molecule has 1 saturated carbocycles. The molecule has 4 rings (SSSR count). The fraction of sp³-hybridized carbons (Fsp3) is 0.273. The average Bonchev–Trinajstić information content (AvgIpc) is 3.44. The molecule has 2 N–H and O–H groups in total. The van der Waals surface area contributed by atoms with Gasteiger partial charge in [0.1, 0.15) is 5.69 Å². The van der Waals surface area contributed by atoms with Crippen LogP contribution >= 0.6 is 11.6 Å². The van der Waals surface area contributed by atoms with Gasteiger partial charge in [-0.25, -0.2) is 0 Å². The summed E-state index contributed by atoms with van der Waals surface area (Å²) in [6.07, 6.45) is 2.98. The molecule has 0 spiro atoms. The summed E-state index contributed by atoms with van der Waals surface area (Å²) in [5.74, 6) is 0.244. The molecule has 138 valence electrons. The normalized spacial score (nSPS) is 14.7. The summed E-state index contributed by atoms with van der Waals surface area (Å²) in [5, 5.41) is 11.5. The zero-order chi connectivity index (χ0) is 18.8. The highest BCUT2D eigenvalue weighted by Crippen LogP contribution is 2.45. The maximum atomic E-state index is 13.1. The molecule has 0 saturated heterocycles. The van der Waals surface area contributed by atoms with Gasteiger partial charge in [-0.1, -0.05) is 61.0 Å². The molecule has 1 aliphatic rings. The number of hydrogen-bond acceptors (Lipinski definition) is 2. The Morgan fingerprint density at radius 3 is 2.67 bits per heavy atom. The largest absolute Gasteiger partial charge is 0.322 e. The lowest BCUT2D eigenvalue weighted by Gasteiger charge is -2.16. The topological polar surface area (TPSA) is 57.8 Å². The zero-order valence-electron chi connectivity index (χ0n) is 15.2. The van der Waals surface area contributed by atoms with E-state index in [2.05, 4.69) is 15.5 Å². The molecule has 27 heavy (non-hydrogen) atoms. The molecule has 1 heterocycles. The van der Waals surface area contributed by atoms with Crippen LogP contribution in [0.3, 0.4) is 0 Å². The van der Waals surface area contributed by atoms with Crippen LogP contribution < -0.4 is 5.32 Å². The van der Waals surface area contributed by atoms with Crippen molar-refractivity contribution in [2.75, 3.05) is 5.32 Å². The van der Waals surface area contributed by atoms with Gasteiger partial charge in [0.05, 0.1) is 17.3 Å². The van der Waals surface area contributed by atoms with E-state index in [0.717, 1.165) is 47.5 Å². The number of carbonyl (C=O) groups is 1. The molecule has 0 radical (unpaired) electrons. The average molecular weight is 380 g/mol. The Morgan fingerprint density at radius 1 is 1.22 bits per heavy atom. The summed E-state index contributed by atoms with van der Waals surface area (Å²) in [4.78, 5) is 13.1. The van der Waals surface area contributed by atoms with Crippen molar-refractivity contribution in [3.63, 3.8) is 0 Å². The van der Waals surface area contributed by atoms with E-state index in [1.807, 2.05) is 61.5 Å². The number of benzene rings is 2. The van der Waals surface area contributed by atoms with E-state index in [1.54, 1.807) is 0 Å². The van der Waals surface area contributed by atoms with Crippen LogP contribution in [0.5, 0.6) is 0 Å². The first-order chi connectivity index (χ1) is 13.2. The summed E-state index contributed by atoms with van der Waals surface area (Å²) in [7, 11) is 0. The molecule has 0 bridgehead atoms. The van der Waals surface area contributed by atoms with Crippen LogP contribution in [-0.4, -0.2) is 16.1 Å². The Labute approximate surface area is 164 Å². The summed E-state index contributed by atoms with van der Waals surface area (Å²) >= 11 is 6.16. The number of H-pyrrole nitrogens is 1. The van der Waals surface area contributed by atoms with E-state index >= 15 is 0 Å². The van der Waals surface area contributed by atoms with E-state index in [0.29, 0.717) is 10.9 Å². The second kappa shape index (κ2) is 7.57. The first-order valence-corrected chi connectivity index (χ1v) is 9.75. The van der Waals surface area contributed by atoms with Crippen LogP contribution in [0.4, 0.5) is 5.69 Å². The van der Waals surface area contributed by atoms with Crippen LogP contribution in [0.15, 0.2) is 54.6 Å². The van der Waals surface area contributed by atoms with Crippen molar-refractivity contribution in [2.24, 2.45) is 0 Å². The van der Waals surface area contributed by atoms with Gasteiger partial charge < -0.3 is 5.32 Å². The van der Waals surface area contributed by atoms with Gasteiger partial charge in [-0.15, -0.1) is 0 Å². The Hall–Kier alpha value is -2.59. The fourth-order valence-corrected chi connectivity index (χ4v) is 3.65. The van der Waals surface area contributed by atoms with Gasteiger partial charge in [-0.3, -0.25) is 9.89 Å². The number of carbonyl (C=O) groups excluding carboxylic acids is 1. The molecule has 1 atom stereocenters. The van der Waals surface area contributed by atoms with Gasteiger partial charge in [0.2, 0.25) is 5.91 Å². The smallest absolute Gasteiger partial charge is 0.232 e. The highest BCUT2D eigenvalue weighted by atomic mass is 35.5. The third-order valence-electron chi connectivity index (χ3n) is 5.05. The van der Waals surface area contributed by atoms with Crippen molar-refractivity contribution in [1.82, 2.24) is 10.2 Å². The lowest BCUT2D eigenvalue weighted by atomic mass is 9.95. The number of amides is 1. The van der Waals surface area contributed by atoms with Crippen molar-refractivity contribution in [2.45, 2.75) is 38.0 Å². The Morgan fingerprint density at radius 2 is 2.00 bits per heavy atom. The van der Waals surface area contributed by atoms with Crippen molar-refractivity contribution in [3.05, 3.63) is 70.9 Å². The summed E-state index contributed by atoms with van der Waals surface area (Å²) in [5.41, 5.74) is 4.48. The summed E-state index contributed by atoms with van der Waals surface area (Å²) in [6.45, 7) is 2.03. The third-order valence-corrected chi connectivity index (χ3v) is 5.29. The SMILES string of the molecule is CCC(C(=O)Nc1c(-c2cccc(Cl)c2)n[nH]c1C1CC1)c1ccccc1. The van der Waals surface area contributed by atoms with Crippen molar-refractivity contribution >= 4 is 23.2 Å². The predicted molar refractivity (Wildman–Crippen MR) is 109 cm³/mol. The fourth-order valence-electron chi connectivity index (χ4n) is 3.46. The minimum absolute atomic E-state index is 0.00437. The van der Waals surface area contributed by atoms with Crippen LogP contribution in [-0.2, 0) is 4.79 Å². The molecular weight excluding hydrogens is 358 g/mol. The van der Waals surface area contributed by atoms with Crippen LogP contribution in [0.1, 0.15) is 49.3 Å². The van der Waals surface area contributed by atoms with Gasteiger partial charge in [-0.05, 0) is 37.0 Å². The summed E-state index contributed by atoms with van der Waals surface area (Å²) in [6, 6.07) is 17.5. The van der Waals surface area contributed by atoms with E-state index in [9.17, 15) is 4.79 Å². The minimum Gasteiger partial charge on any atom is -0.322 e. The highest BCUT2D eigenvalue weighted by Gasteiger charge is 2.32. The van der Waals surface area contributed by atoms with Gasteiger partial charge in [-0.2, -0.15) is 5.10 Å². The lowest BCUT2D eigenvalue weighted by molar-refractivity contribution is -0.117. The molecule has 3 aromatic rings. The Bertz CT molecular complexity index is 947. The molecule has 1 unspecified atom stereocenters. The van der Waals surface area contributed by atoms with Crippen molar-refractivity contribution in [1.29, 1.82) is 0 Å². The van der Waals surface area contributed by atoms with Crippen LogP contribution in [0, 0.1) is 0 Å². The highest BCUT2D eigenvalue weighted by molar-refractivity contribution is 6.30. The zero-order valence-corrected chi connectivity index (χ0v) is 16.0. The molecule has 0 aliphatic heterocycles. The molecule has 1 aliphatic carbocycles. The van der Waals surface area contributed by atoms with Gasteiger partial charge in [0.15, 0.2) is 0 Å². The predicted octanol–water partition coefficient (Wildman–Crippen LogP) is 5.74. The van der Waals surface area contributed by atoms with Crippen molar-refractivity contribution in [3.8, 4) is 11.3 Å². The first kappa shape index (κ1) is 17.8. The number of rotatable bonds is 6. The maximum Gasteiger partial charge on any atom is 0.232 e. The van der Waals surface area contributed by atoms with Gasteiger partial charge in [0.25, 0.3) is 0 Å². The van der Waals surface area contributed by atoms with E-state index in [4.69, 9.17) is 11.6 Å². The molecule has 2 aromatic carbocycles. The number of halogens is 1. The van der Waals surface area contributed by atoms with Crippen molar-refractivity contribution < 1.29 is 4.79 Å². The molecule has 1 fully saturated rings. The third kappa shape index (κ3) is 3.76. The Kier molecular flexibility index (Phi) is 4.99. The molecule has 4 nitrogen and oxygen atoms in total. The standard InChI is InChI=1S/C22H22ClN3O/c1-2-18(14-7-4-3-5-8-14)22(27)24-21-19(15-11-12-15)25-26-20(21)16-9-6-10-17(23)13-16/h3-10,13,15,18H,2,11-12H2,1H3,(H,24,27)(H,25,26). The number of nitrogens with one attached hydrogen (secondary N) is 2. The Balaban J connectivity index is 1.68. The number of nitrogens with zero attached hydrogens (tertiary/aromatic N) is 1. The monoisotopic (exact) mass is 379 g/mol. The quantitative estimate of drug-likeness (QED) is 0.573. The first-order valence-electron chi connectivity index (χ1n) is 9.37. The summed E-state index contributed by atoms with van der Waals surface area (Å²) < 4.78 is 0.